The summed E-state index contributed by atoms with van der Waals surface area (Å²) >= 11 is 1.32. The van der Waals surface area contributed by atoms with E-state index in [1.165, 1.54) is 23.5 Å². The molecule has 7 heteroatoms. The lowest BCUT2D eigenvalue weighted by Gasteiger charge is -2.33. The van der Waals surface area contributed by atoms with Crippen LogP contribution in [0.1, 0.15) is 12.5 Å². The molecule has 108 valence electrons. The van der Waals surface area contributed by atoms with Crippen molar-refractivity contribution in [3.63, 3.8) is 0 Å². The Morgan fingerprint density at radius 3 is 2.90 bits per heavy atom. The van der Waals surface area contributed by atoms with E-state index in [0.29, 0.717) is 16.3 Å². The summed E-state index contributed by atoms with van der Waals surface area (Å²) in [5.74, 6) is 0. The first kappa shape index (κ1) is 13.6. The van der Waals surface area contributed by atoms with Crippen molar-refractivity contribution in [2.24, 2.45) is 0 Å². The molecule has 1 atom stereocenters. The fourth-order valence-electron chi connectivity index (χ4n) is 2.34. The Balaban J connectivity index is 1.98. The number of rotatable bonds is 1. The molecule has 1 aliphatic heterocycles. The van der Waals surface area contributed by atoms with Crippen molar-refractivity contribution in [2.45, 2.75) is 19.1 Å². The molecule has 0 radical (unpaired) electrons. The highest BCUT2D eigenvalue weighted by Gasteiger charge is 2.31. The van der Waals surface area contributed by atoms with Crippen LogP contribution in [0, 0.1) is 0 Å². The summed E-state index contributed by atoms with van der Waals surface area (Å²) in [4.78, 5) is 6.61. The number of benzene rings is 1. The van der Waals surface area contributed by atoms with Crippen LogP contribution < -0.4 is 10.2 Å². The molecule has 1 fully saturated rings. The minimum absolute atomic E-state index is 0.298. The summed E-state index contributed by atoms with van der Waals surface area (Å²) in [6.45, 7) is 4.64. The molecular formula is C13H14F3N3S. The number of hydrogen-bond acceptors (Lipinski definition) is 4. The number of anilines is 1. The summed E-state index contributed by atoms with van der Waals surface area (Å²) in [7, 11) is 0. The Morgan fingerprint density at radius 1 is 1.40 bits per heavy atom. The van der Waals surface area contributed by atoms with Gasteiger partial charge in [-0.2, -0.15) is 13.2 Å². The first-order chi connectivity index (χ1) is 9.45. The molecule has 0 aliphatic carbocycles. The van der Waals surface area contributed by atoms with Crippen molar-refractivity contribution < 1.29 is 13.2 Å². The van der Waals surface area contributed by atoms with Gasteiger partial charge in [-0.1, -0.05) is 11.3 Å². The van der Waals surface area contributed by atoms with Crippen molar-refractivity contribution in [1.29, 1.82) is 0 Å². The summed E-state index contributed by atoms with van der Waals surface area (Å²) in [5, 5.41) is 4.08. The standard InChI is InChI=1S/C13H14F3N3S/c1-8-7-17-4-5-19(8)12-18-10-3-2-9(13(14,15)16)6-11(10)20-12/h2-3,6,8,17H,4-5,7H2,1H3. The van der Waals surface area contributed by atoms with Crippen LogP contribution in [0.4, 0.5) is 18.3 Å². The van der Waals surface area contributed by atoms with Gasteiger partial charge in [-0.25, -0.2) is 4.98 Å². The zero-order valence-corrected chi connectivity index (χ0v) is 11.7. The fourth-order valence-corrected chi connectivity index (χ4v) is 3.47. The lowest BCUT2D eigenvalue weighted by Crippen LogP contribution is -2.49. The number of piperazine rings is 1. The quantitative estimate of drug-likeness (QED) is 0.877. The SMILES string of the molecule is CC1CNCCN1c1nc2ccc(C(F)(F)F)cc2s1. The first-order valence-corrected chi connectivity index (χ1v) is 7.22. The van der Waals surface area contributed by atoms with E-state index in [-0.39, 0.29) is 0 Å². The number of nitrogens with one attached hydrogen (secondary N) is 1. The van der Waals surface area contributed by atoms with Crippen LogP contribution in [0.25, 0.3) is 10.2 Å². The van der Waals surface area contributed by atoms with Gasteiger partial charge in [0.1, 0.15) is 0 Å². The van der Waals surface area contributed by atoms with E-state index in [2.05, 4.69) is 22.1 Å². The third-order valence-corrected chi connectivity index (χ3v) is 4.51. The smallest absolute Gasteiger partial charge is 0.343 e. The fraction of sp³-hybridized carbons (Fsp3) is 0.462. The van der Waals surface area contributed by atoms with Crippen LogP contribution in [0.3, 0.4) is 0 Å². The van der Waals surface area contributed by atoms with Gasteiger partial charge in [0.15, 0.2) is 5.13 Å². The molecule has 0 amide bonds. The highest BCUT2D eigenvalue weighted by Crippen LogP contribution is 2.35. The molecule has 1 N–H and O–H groups in total. The molecular weight excluding hydrogens is 287 g/mol. The molecule has 0 saturated carbocycles. The third-order valence-electron chi connectivity index (χ3n) is 3.45. The van der Waals surface area contributed by atoms with Crippen LogP contribution in [0.15, 0.2) is 18.2 Å². The molecule has 1 unspecified atom stereocenters. The van der Waals surface area contributed by atoms with E-state index in [1.54, 1.807) is 0 Å². The van der Waals surface area contributed by atoms with E-state index >= 15 is 0 Å². The predicted octanol–water partition coefficient (Wildman–Crippen LogP) is 3.11. The largest absolute Gasteiger partial charge is 0.416 e. The van der Waals surface area contributed by atoms with Gasteiger partial charge in [0.25, 0.3) is 0 Å². The van der Waals surface area contributed by atoms with E-state index in [4.69, 9.17) is 0 Å². The maximum atomic E-state index is 12.7. The van der Waals surface area contributed by atoms with Crippen molar-refractivity contribution in [2.75, 3.05) is 24.5 Å². The summed E-state index contributed by atoms with van der Waals surface area (Å²) < 4.78 is 38.7. The Morgan fingerprint density at radius 2 is 2.20 bits per heavy atom. The Hall–Kier alpha value is -1.34. The molecule has 3 rings (SSSR count). The zero-order chi connectivity index (χ0) is 14.3. The summed E-state index contributed by atoms with van der Waals surface area (Å²) in [5.41, 5.74) is 0.0114. The van der Waals surface area contributed by atoms with Crippen LogP contribution in [0.5, 0.6) is 0 Å². The van der Waals surface area contributed by atoms with Crippen molar-refractivity contribution in [3.05, 3.63) is 23.8 Å². The normalized spacial score (nSPS) is 20.6. The average molecular weight is 301 g/mol. The number of thiazole rings is 1. The topological polar surface area (TPSA) is 28.2 Å². The van der Waals surface area contributed by atoms with E-state index in [9.17, 15) is 13.2 Å². The molecule has 1 saturated heterocycles. The highest BCUT2D eigenvalue weighted by molar-refractivity contribution is 7.22. The molecule has 20 heavy (non-hydrogen) atoms. The van der Waals surface area contributed by atoms with Crippen LogP contribution >= 0.6 is 11.3 Å². The molecule has 0 spiro atoms. The van der Waals surface area contributed by atoms with Gasteiger partial charge < -0.3 is 10.2 Å². The second-order valence-electron chi connectivity index (χ2n) is 4.92. The number of halogens is 3. The predicted molar refractivity (Wildman–Crippen MR) is 74.3 cm³/mol. The molecule has 2 heterocycles. The van der Waals surface area contributed by atoms with Crippen LogP contribution in [0.2, 0.25) is 0 Å². The minimum Gasteiger partial charge on any atom is -0.343 e. The molecule has 1 aromatic heterocycles. The minimum atomic E-state index is -4.30. The van der Waals surface area contributed by atoms with Gasteiger partial charge in [0, 0.05) is 25.7 Å². The number of alkyl halides is 3. The van der Waals surface area contributed by atoms with E-state index in [0.717, 1.165) is 30.8 Å². The van der Waals surface area contributed by atoms with Crippen LogP contribution in [-0.4, -0.2) is 30.7 Å². The summed E-state index contributed by atoms with van der Waals surface area (Å²) in [6.07, 6.45) is -4.30. The second kappa shape index (κ2) is 4.89. The van der Waals surface area contributed by atoms with Gasteiger partial charge in [-0.3, -0.25) is 0 Å². The lowest BCUT2D eigenvalue weighted by atomic mass is 10.2. The lowest BCUT2D eigenvalue weighted by molar-refractivity contribution is -0.137. The van der Waals surface area contributed by atoms with Gasteiger partial charge >= 0.3 is 6.18 Å². The first-order valence-electron chi connectivity index (χ1n) is 6.40. The maximum Gasteiger partial charge on any atom is 0.416 e. The van der Waals surface area contributed by atoms with Gasteiger partial charge in [-0.05, 0) is 25.1 Å². The number of aromatic nitrogens is 1. The number of hydrogen-bond donors (Lipinski definition) is 1. The zero-order valence-electron chi connectivity index (χ0n) is 10.9. The van der Waals surface area contributed by atoms with Crippen LogP contribution in [-0.2, 0) is 6.18 Å². The molecule has 3 nitrogen and oxygen atoms in total. The Kier molecular flexibility index (Phi) is 3.33. The number of nitrogens with zero attached hydrogens (tertiary/aromatic N) is 2. The molecule has 0 bridgehead atoms. The monoisotopic (exact) mass is 301 g/mol. The second-order valence-corrected chi connectivity index (χ2v) is 5.93. The van der Waals surface area contributed by atoms with Gasteiger partial charge in [0.05, 0.1) is 15.8 Å². The van der Waals surface area contributed by atoms with Gasteiger partial charge in [-0.15, -0.1) is 0 Å². The number of fused-ring (bicyclic) bond motifs is 1. The Bertz CT molecular complexity index is 623. The highest BCUT2D eigenvalue weighted by atomic mass is 32.1. The van der Waals surface area contributed by atoms with E-state index in [1.807, 2.05) is 0 Å². The Labute approximate surface area is 118 Å². The molecule has 1 aliphatic rings. The molecule has 2 aromatic rings. The van der Waals surface area contributed by atoms with Crippen molar-refractivity contribution in [1.82, 2.24) is 10.3 Å². The van der Waals surface area contributed by atoms with Crippen molar-refractivity contribution in [3.8, 4) is 0 Å². The maximum absolute atomic E-state index is 12.7. The van der Waals surface area contributed by atoms with E-state index < -0.39 is 11.7 Å². The average Bonchev–Trinajstić information content (AvgIpc) is 2.80. The van der Waals surface area contributed by atoms with Crippen molar-refractivity contribution >= 4 is 26.7 Å². The molecule has 1 aromatic carbocycles. The third kappa shape index (κ3) is 2.47. The summed E-state index contributed by atoms with van der Waals surface area (Å²) in [6, 6.07) is 4.02. The van der Waals surface area contributed by atoms with Gasteiger partial charge in [0.2, 0.25) is 0 Å².